The van der Waals surface area contributed by atoms with Crippen LogP contribution in [0.15, 0.2) is 47.6 Å². The molecule has 0 heteroatoms. The number of hydrogen-bond acceptors (Lipinski definition) is 0. The highest BCUT2D eigenvalue weighted by Crippen LogP contribution is 2.54. The first-order valence-electron chi connectivity index (χ1n) is 8.39. The number of rotatable bonds is 0. The van der Waals surface area contributed by atoms with E-state index < -0.39 is 0 Å². The predicted molar refractivity (Wildman–Crippen MR) is 87.7 cm³/mol. The maximum absolute atomic E-state index is 4.47. The molecule has 0 N–H and O–H groups in total. The normalized spacial score (nSPS) is 32.1. The van der Waals surface area contributed by atoms with Crippen LogP contribution in [0.5, 0.6) is 0 Å². The van der Waals surface area contributed by atoms with Crippen molar-refractivity contribution in [3.8, 4) is 0 Å². The lowest BCUT2D eigenvalue weighted by atomic mass is 9.63. The Balaban J connectivity index is 1.92. The van der Waals surface area contributed by atoms with Crippen molar-refractivity contribution in [1.82, 2.24) is 0 Å². The first-order chi connectivity index (χ1) is 9.62. The summed E-state index contributed by atoms with van der Waals surface area (Å²) in [5.74, 6) is 0. The highest BCUT2D eigenvalue weighted by molar-refractivity contribution is 5.42. The van der Waals surface area contributed by atoms with E-state index in [9.17, 15) is 0 Å². The van der Waals surface area contributed by atoms with E-state index in [2.05, 4.69) is 19.7 Å². The standard InChI is InChI=1S/C20H28/c1-15-8-6-7-12-20(17(15)3)13-11-19-16(2)9-4-5-10-18(19)14-20/h1-14H2. The first-order valence-corrected chi connectivity index (χ1v) is 8.39. The number of allylic oxidation sites excluding steroid dienone is 5. The van der Waals surface area contributed by atoms with E-state index >= 15 is 0 Å². The van der Waals surface area contributed by atoms with Crippen molar-refractivity contribution in [3.05, 3.63) is 47.6 Å². The first kappa shape index (κ1) is 13.9. The lowest BCUT2D eigenvalue weighted by Gasteiger charge is -2.41. The molecule has 108 valence electrons. The topological polar surface area (TPSA) is 0 Å². The Hall–Kier alpha value is -1.04. The Morgan fingerprint density at radius 1 is 0.700 bits per heavy atom. The summed E-state index contributed by atoms with van der Waals surface area (Å²) in [4.78, 5) is 0. The van der Waals surface area contributed by atoms with Gasteiger partial charge in [-0.2, -0.15) is 0 Å². The van der Waals surface area contributed by atoms with Crippen LogP contribution in [0.2, 0.25) is 0 Å². The summed E-state index contributed by atoms with van der Waals surface area (Å²) in [6.07, 6.45) is 14.1. The molecule has 1 unspecified atom stereocenters. The summed E-state index contributed by atoms with van der Waals surface area (Å²) in [6.45, 7) is 13.1. The van der Waals surface area contributed by atoms with Gasteiger partial charge in [-0.25, -0.2) is 0 Å². The largest absolute Gasteiger partial charge is 0.0956 e. The van der Waals surface area contributed by atoms with Gasteiger partial charge in [-0.3, -0.25) is 0 Å². The molecule has 3 rings (SSSR count). The Kier molecular flexibility index (Phi) is 3.75. The minimum atomic E-state index is 0.344. The lowest BCUT2D eigenvalue weighted by Crippen LogP contribution is -2.27. The van der Waals surface area contributed by atoms with Gasteiger partial charge in [0.2, 0.25) is 0 Å². The van der Waals surface area contributed by atoms with E-state index in [4.69, 9.17) is 0 Å². The predicted octanol–water partition coefficient (Wildman–Crippen LogP) is 6.27. The molecule has 0 radical (unpaired) electrons. The Morgan fingerprint density at radius 2 is 1.40 bits per heavy atom. The summed E-state index contributed by atoms with van der Waals surface area (Å²) in [5.41, 5.74) is 7.85. The molecular weight excluding hydrogens is 240 g/mol. The third-order valence-corrected chi connectivity index (χ3v) is 5.92. The molecule has 0 heterocycles. The van der Waals surface area contributed by atoms with Crippen LogP contribution in [0.25, 0.3) is 0 Å². The third kappa shape index (κ3) is 2.34. The molecule has 1 spiro atoms. The molecule has 0 aromatic heterocycles. The zero-order chi connectivity index (χ0) is 14.2. The maximum Gasteiger partial charge on any atom is -0.000986 e. The van der Waals surface area contributed by atoms with Crippen molar-refractivity contribution in [3.63, 3.8) is 0 Å². The van der Waals surface area contributed by atoms with Gasteiger partial charge in [0.15, 0.2) is 0 Å². The summed E-state index contributed by atoms with van der Waals surface area (Å²) in [6, 6.07) is 0. The van der Waals surface area contributed by atoms with Crippen LogP contribution in [-0.2, 0) is 0 Å². The fourth-order valence-corrected chi connectivity index (χ4v) is 4.59. The third-order valence-electron chi connectivity index (χ3n) is 5.92. The zero-order valence-corrected chi connectivity index (χ0v) is 12.9. The van der Waals surface area contributed by atoms with Crippen molar-refractivity contribution >= 4 is 0 Å². The van der Waals surface area contributed by atoms with Crippen LogP contribution >= 0.6 is 0 Å². The molecule has 1 atom stereocenters. The van der Waals surface area contributed by atoms with E-state index in [-0.39, 0.29) is 0 Å². The highest BCUT2D eigenvalue weighted by atomic mass is 14.4. The average Bonchev–Trinajstić information content (AvgIpc) is 2.70. The van der Waals surface area contributed by atoms with E-state index in [1.165, 1.54) is 87.3 Å². The van der Waals surface area contributed by atoms with Gasteiger partial charge in [0.25, 0.3) is 0 Å². The van der Waals surface area contributed by atoms with Crippen LogP contribution in [0, 0.1) is 5.41 Å². The van der Waals surface area contributed by atoms with Crippen molar-refractivity contribution in [1.29, 1.82) is 0 Å². The minimum absolute atomic E-state index is 0.344. The van der Waals surface area contributed by atoms with Gasteiger partial charge in [0.1, 0.15) is 0 Å². The Bertz CT molecular complexity index is 488. The van der Waals surface area contributed by atoms with Crippen molar-refractivity contribution in [2.75, 3.05) is 0 Å². The van der Waals surface area contributed by atoms with Crippen LogP contribution in [0.4, 0.5) is 0 Å². The molecule has 20 heavy (non-hydrogen) atoms. The van der Waals surface area contributed by atoms with Gasteiger partial charge in [-0.05, 0) is 80.8 Å². The molecule has 3 aliphatic carbocycles. The highest BCUT2D eigenvalue weighted by Gasteiger charge is 2.39. The second-order valence-corrected chi connectivity index (χ2v) is 7.14. The molecule has 0 aliphatic heterocycles. The second-order valence-electron chi connectivity index (χ2n) is 7.14. The van der Waals surface area contributed by atoms with E-state index in [0.717, 1.165) is 0 Å². The molecule has 1 fully saturated rings. The summed E-state index contributed by atoms with van der Waals surface area (Å²) >= 11 is 0. The van der Waals surface area contributed by atoms with Crippen LogP contribution in [0.1, 0.15) is 70.6 Å². The van der Waals surface area contributed by atoms with Crippen LogP contribution < -0.4 is 0 Å². The molecule has 0 bridgehead atoms. The fourth-order valence-electron chi connectivity index (χ4n) is 4.59. The van der Waals surface area contributed by atoms with Crippen LogP contribution in [0.3, 0.4) is 0 Å². The SMILES string of the molecule is C=C1CCCCC2(CCC3=C(CCCCC3=C)C2)C1=C. The van der Waals surface area contributed by atoms with Crippen LogP contribution in [-0.4, -0.2) is 0 Å². The van der Waals surface area contributed by atoms with Crippen molar-refractivity contribution < 1.29 is 0 Å². The quantitative estimate of drug-likeness (QED) is 0.485. The minimum Gasteiger partial charge on any atom is -0.0956 e. The molecule has 0 aromatic carbocycles. The molecule has 1 saturated carbocycles. The molecule has 3 aliphatic rings. The van der Waals surface area contributed by atoms with Gasteiger partial charge in [-0.1, -0.05) is 42.9 Å². The van der Waals surface area contributed by atoms with E-state index in [0.29, 0.717) is 5.41 Å². The van der Waals surface area contributed by atoms with Gasteiger partial charge in [0.05, 0.1) is 0 Å². The molecule has 0 nitrogen and oxygen atoms in total. The number of hydrogen-bond donors (Lipinski definition) is 0. The second kappa shape index (κ2) is 5.39. The maximum atomic E-state index is 4.47. The zero-order valence-electron chi connectivity index (χ0n) is 12.9. The van der Waals surface area contributed by atoms with Crippen molar-refractivity contribution in [2.45, 2.75) is 70.6 Å². The summed E-state index contributed by atoms with van der Waals surface area (Å²) in [5, 5.41) is 0. The Morgan fingerprint density at radius 3 is 2.25 bits per heavy atom. The molecule has 0 aromatic rings. The van der Waals surface area contributed by atoms with Crippen molar-refractivity contribution in [2.24, 2.45) is 5.41 Å². The van der Waals surface area contributed by atoms with Gasteiger partial charge in [0, 0.05) is 0 Å². The molecule has 0 saturated heterocycles. The summed E-state index contributed by atoms with van der Waals surface area (Å²) < 4.78 is 0. The average molecular weight is 268 g/mol. The molecular formula is C20H28. The van der Waals surface area contributed by atoms with E-state index in [1.807, 2.05) is 0 Å². The van der Waals surface area contributed by atoms with Gasteiger partial charge >= 0.3 is 0 Å². The summed E-state index contributed by atoms with van der Waals surface area (Å²) in [7, 11) is 0. The van der Waals surface area contributed by atoms with Gasteiger partial charge < -0.3 is 0 Å². The monoisotopic (exact) mass is 268 g/mol. The Labute approximate surface area is 124 Å². The fraction of sp³-hybridized carbons (Fsp3) is 0.600. The molecule has 0 amide bonds. The smallest absolute Gasteiger partial charge is 0.000986 e. The lowest BCUT2D eigenvalue weighted by molar-refractivity contribution is 0.283. The van der Waals surface area contributed by atoms with E-state index in [1.54, 1.807) is 11.1 Å². The van der Waals surface area contributed by atoms with Gasteiger partial charge in [-0.15, -0.1) is 0 Å².